The monoisotopic (exact) mass is 396 g/mol. The highest BCUT2D eigenvalue weighted by molar-refractivity contribution is 6.31. The Hall–Kier alpha value is -3.12. The number of carbonyl (C=O) groups excluding carboxylic acids is 1. The molecule has 1 heterocycles. The van der Waals surface area contributed by atoms with Gasteiger partial charge in [-0.25, -0.2) is 9.97 Å². The van der Waals surface area contributed by atoms with Gasteiger partial charge < -0.3 is 15.4 Å². The van der Waals surface area contributed by atoms with Crippen LogP contribution in [0, 0.1) is 6.92 Å². The average Bonchev–Trinajstić information content (AvgIpc) is 2.71. The highest BCUT2D eigenvalue weighted by atomic mass is 35.5. The smallest absolute Gasteiger partial charge is 0.258 e. The number of amides is 1. The number of halogens is 1. The Morgan fingerprint density at radius 2 is 1.89 bits per heavy atom. The van der Waals surface area contributed by atoms with Crippen LogP contribution in [0.2, 0.25) is 5.02 Å². The van der Waals surface area contributed by atoms with Gasteiger partial charge in [0, 0.05) is 29.6 Å². The first kappa shape index (κ1) is 19.6. The molecular formula is C21H21ClN4O2. The second-order valence-electron chi connectivity index (χ2n) is 6.20. The third-order valence-corrected chi connectivity index (χ3v) is 4.62. The Kier molecular flexibility index (Phi) is 6.45. The molecule has 2 aromatic carbocycles. The van der Waals surface area contributed by atoms with Crippen LogP contribution in [0.4, 0.5) is 11.6 Å². The molecule has 0 radical (unpaired) electrons. The lowest BCUT2D eigenvalue weighted by Gasteiger charge is -2.09. The van der Waals surface area contributed by atoms with E-state index in [1.807, 2.05) is 37.3 Å². The molecule has 0 saturated carbocycles. The van der Waals surface area contributed by atoms with Crippen molar-refractivity contribution in [2.45, 2.75) is 13.3 Å². The molecule has 7 heteroatoms. The van der Waals surface area contributed by atoms with Gasteiger partial charge in [-0.15, -0.1) is 0 Å². The maximum absolute atomic E-state index is 12.3. The predicted octanol–water partition coefficient (Wildman–Crippen LogP) is 4.35. The van der Waals surface area contributed by atoms with E-state index in [-0.39, 0.29) is 5.91 Å². The summed E-state index contributed by atoms with van der Waals surface area (Å²) in [4.78, 5) is 20.7. The van der Waals surface area contributed by atoms with Gasteiger partial charge in [0.25, 0.3) is 5.91 Å². The van der Waals surface area contributed by atoms with Crippen molar-refractivity contribution >= 4 is 29.1 Å². The Balaban J connectivity index is 1.55. The summed E-state index contributed by atoms with van der Waals surface area (Å²) in [5.41, 5.74) is 3.04. The number of nitrogens with one attached hydrogen (secondary N) is 2. The topological polar surface area (TPSA) is 76.1 Å². The van der Waals surface area contributed by atoms with Crippen LogP contribution in [0.5, 0.6) is 5.75 Å². The molecule has 3 rings (SSSR count). The summed E-state index contributed by atoms with van der Waals surface area (Å²) in [6.45, 7) is 2.55. The van der Waals surface area contributed by atoms with E-state index in [1.165, 1.54) is 12.4 Å². The second-order valence-corrected chi connectivity index (χ2v) is 6.61. The summed E-state index contributed by atoms with van der Waals surface area (Å²) in [7, 11) is 1.66. The van der Waals surface area contributed by atoms with Crippen molar-refractivity contribution in [2.24, 2.45) is 0 Å². The van der Waals surface area contributed by atoms with Gasteiger partial charge in [-0.2, -0.15) is 0 Å². The van der Waals surface area contributed by atoms with Gasteiger partial charge in [0.1, 0.15) is 5.75 Å². The number of carbonyl (C=O) groups is 1. The van der Waals surface area contributed by atoms with Crippen molar-refractivity contribution in [3.8, 4) is 5.75 Å². The number of aromatic nitrogens is 2. The fourth-order valence-electron chi connectivity index (χ4n) is 2.63. The van der Waals surface area contributed by atoms with E-state index >= 15 is 0 Å². The van der Waals surface area contributed by atoms with Crippen LogP contribution in [0.1, 0.15) is 21.5 Å². The van der Waals surface area contributed by atoms with E-state index in [0.717, 1.165) is 23.3 Å². The molecule has 0 atom stereocenters. The molecule has 0 fully saturated rings. The van der Waals surface area contributed by atoms with Crippen LogP contribution in [0.15, 0.2) is 54.9 Å². The second kappa shape index (κ2) is 9.19. The molecule has 0 aliphatic rings. The fourth-order valence-corrected chi connectivity index (χ4v) is 2.81. The number of methoxy groups -OCH3 is 1. The molecule has 0 unspecified atom stereocenters. The van der Waals surface area contributed by atoms with E-state index < -0.39 is 0 Å². The summed E-state index contributed by atoms with van der Waals surface area (Å²) >= 11 is 6.08. The maximum atomic E-state index is 12.3. The number of anilines is 2. The minimum absolute atomic E-state index is 0.291. The lowest BCUT2D eigenvalue weighted by atomic mass is 10.1. The normalized spacial score (nSPS) is 10.4. The highest BCUT2D eigenvalue weighted by Gasteiger charge is 2.09. The number of rotatable bonds is 7. The Morgan fingerprint density at radius 1 is 1.14 bits per heavy atom. The summed E-state index contributed by atoms with van der Waals surface area (Å²) in [5, 5.41) is 6.53. The largest absolute Gasteiger partial charge is 0.496 e. The zero-order valence-corrected chi connectivity index (χ0v) is 16.5. The van der Waals surface area contributed by atoms with E-state index in [2.05, 4.69) is 20.6 Å². The number of hydrogen-bond acceptors (Lipinski definition) is 5. The van der Waals surface area contributed by atoms with Gasteiger partial charge in [0.2, 0.25) is 5.95 Å². The Morgan fingerprint density at radius 3 is 2.61 bits per heavy atom. The van der Waals surface area contributed by atoms with Crippen molar-refractivity contribution in [3.05, 3.63) is 76.6 Å². The molecule has 0 aliphatic carbocycles. The first-order valence-electron chi connectivity index (χ1n) is 8.82. The molecule has 2 N–H and O–H groups in total. The first-order chi connectivity index (χ1) is 13.6. The molecule has 28 heavy (non-hydrogen) atoms. The third kappa shape index (κ3) is 4.98. The van der Waals surface area contributed by atoms with Crippen molar-refractivity contribution in [1.29, 1.82) is 0 Å². The van der Waals surface area contributed by atoms with Crippen LogP contribution in [-0.2, 0) is 6.42 Å². The van der Waals surface area contributed by atoms with E-state index in [9.17, 15) is 4.79 Å². The van der Waals surface area contributed by atoms with Crippen LogP contribution in [0.25, 0.3) is 0 Å². The van der Waals surface area contributed by atoms with Gasteiger partial charge in [0.05, 0.1) is 12.7 Å². The lowest BCUT2D eigenvalue weighted by molar-refractivity contribution is 0.102. The SMILES string of the molecule is COc1ccccc1CCNc1ncc(C(=O)Nc2ccc(C)c(Cl)c2)cn1. The summed E-state index contributed by atoms with van der Waals surface area (Å²) in [5.74, 6) is 1.03. The molecular weight excluding hydrogens is 376 g/mol. The number of hydrogen-bond donors (Lipinski definition) is 2. The minimum Gasteiger partial charge on any atom is -0.496 e. The number of aryl methyl sites for hydroxylation is 1. The molecule has 1 amide bonds. The van der Waals surface area contributed by atoms with Crippen molar-refractivity contribution in [3.63, 3.8) is 0 Å². The number of nitrogens with zero attached hydrogens (tertiary/aromatic N) is 2. The molecule has 0 bridgehead atoms. The van der Waals surface area contributed by atoms with Crippen molar-refractivity contribution < 1.29 is 9.53 Å². The molecule has 0 spiro atoms. The zero-order chi connectivity index (χ0) is 19.9. The van der Waals surface area contributed by atoms with Gasteiger partial charge >= 0.3 is 0 Å². The fraction of sp³-hybridized carbons (Fsp3) is 0.190. The van der Waals surface area contributed by atoms with Gasteiger partial charge in [-0.05, 0) is 42.7 Å². The van der Waals surface area contributed by atoms with Crippen LogP contribution < -0.4 is 15.4 Å². The number of para-hydroxylation sites is 1. The average molecular weight is 397 g/mol. The molecule has 1 aromatic heterocycles. The summed E-state index contributed by atoms with van der Waals surface area (Å²) in [6.07, 6.45) is 3.75. The quantitative estimate of drug-likeness (QED) is 0.620. The number of benzene rings is 2. The van der Waals surface area contributed by atoms with E-state index in [1.54, 1.807) is 19.2 Å². The van der Waals surface area contributed by atoms with Crippen LogP contribution >= 0.6 is 11.6 Å². The van der Waals surface area contributed by atoms with Crippen LogP contribution in [0.3, 0.4) is 0 Å². The van der Waals surface area contributed by atoms with Gasteiger partial charge in [0.15, 0.2) is 0 Å². The first-order valence-corrected chi connectivity index (χ1v) is 9.20. The van der Waals surface area contributed by atoms with Crippen molar-refractivity contribution in [1.82, 2.24) is 9.97 Å². The van der Waals surface area contributed by atoms with Gasteiger partial charge in [-0.3, -0.25) is 4.79 Å². The summed E-state index contributed by atoms with van der Waals surface area (Å²) < 4.78 is 5.34. The number of ether oxygens (including phenoxy) is 1. The minimum atomic E-state index is -0.291. The zero-order valence-electron chi connectivity index (χ0n) is 15.7. The Labute approximate surface area is 168 Å². The van der Waals surface area contributed by atoms with Gasteiger partial charge in [-0.1, -0.05) is 35.9 Å². The molecule has 144 valence electrons. The van der Waals surface area contributed by atoms with E-state index in [0.29, 0.717) is 28.8 Å². The van der Waals surface area contributed by atoms with E-state index in [4.69, 9.17) is 16.3 Å². The molecule has 3 aromatic rings. The highest BCUT2D eigenvalue weighted by Crippen LogP contribution is 2.20. The molecule has 0 aliphatic heterocycles. The predicted molar refractivity (Wildman–Crippen MR) is 111 cm³/mol. The summed E-state index contributed by atoms with van der Waals surface area (Å²) in [6, 6.07) is 13.2. The van der Waals surface area contributed by atoms with Crippen molar-refractivity contribution in [2.75, 3.05) is 24.3 Å². The lowest BCUT2D eigenvalue weighted by Crippen LogP contribution is -2.14. The Bertz CT molecular complexity index is 961. The maximum Gasteiger partial charge on any atom is 0.258 e. The van der Waals surface area contributed by atoms with Crippen LogP contribution in [-0.4, -0.2) is 29.5 Å². The molecule has 0 saturated heterocycles. The molecule has 6 nitrogen and oxygen atoms in total. The standard InChI is InChI=1S/C21H21ClN4O2/c1-14-7-8-17(11-18(14)22)26-20(27)16-12-24-21(25-13-16)23-10-9-15-5-3-4-6-19(15)28-2/h3-8,11-13H,9-10H2,1-2H3,(H,26,27)(H,23,24,25). The third-order valence-electron chi connectivity index (χ3n) is 4.21.